The molecule has 0 unspecified atom stereocenters. The van der Waals surface area contributed by atoms with Gasteiger partial charge in [-0.1, -0.05) is 38.3 Å². The molecule has 1 aliphatic rings. The molecule has 0 atom stereocenters. The van der Waals surface area contributed by atoms with E-state index in [1.54, 1.807) is 11.2 Å². The molecule has 5 N–H and O–H groups in total. The molecule has 0 bridgehead atoms. The van der Waals surface area contributed by atoms with Gasteiger partial charge in [-0.05, 0) is 43.7 Å². The molecule has 0 saturated carbocycles. The number of ether oxygens (including phenoxy) is 1. The smallest absolute Gasteiger partial charge is 0.355 e. The summed E-state index contributed by atoms with van der Waals surface area (Å²) in [5, 5.41) is 2.52. The number of esters is 1. The zero-order chi connectivity index (χ0) is 21.8. The fourth-order valence-corrected chi connectivity index (χ4v) is 4.00. The molecule has 1 saturated heterocycles. The topological polar surface area (TPSA) is 101 Å². The number of thiol groups is 1. The summed E-state index contributed by atoms with van der Waals surface area (Å²) in [4.78, 5) is 16.0. The number of nitrogens with one attached hydrogen (secondary N) is 1. The number of benzene rings is 1. The van der Waals surface area contributed by atoms with Gasteiger partial charge in [0.1, 0.15) is 5.69 Å². The Balaban J connectivity index is 1.87. The Morgan fingerprint density at radius 3 is 2.77 bits per heavy atom. The van der Waals surface area contributed by atoms with Crippen molar-refractivity contribution in [3.8, 4) is 0 Å². The first kappa shape index (κ1) is 22.5. The number of carbonyl (C=O) groups excluding carboxylic acids is 1. The monoisotopic (exact) mass is 431 g/mol. The standard InChI is InChI=1S/C22H33N5O2S/c1-14(2)13-29-22(28)21-20(17-10-15(3)4-5-19(17)25-21)18(23)12-26(24)11-16-6-8-27(30)9-7-16/h4-5,10,12,14,16,25,30H,6-9,11,13,23-24H2,1-3H3/b18-12-. The zero-order valence-corrected chi connectivity index (χ0v) is 18.9. The lowest BCUT2D eigenvalue weighted by molar-refractivity contribution is 0.0453. The van der Waals surface area contributed by atoms with Gasteiger partial charge in [0.15, 0.2) is 0 Å². The second-order valence-corrected chi connectivity index (χ2v) is 9.16. The minimum absolute atomic E-state index is 0.250. The van der Waals surface area contributed by atoms with Crippen molar-refractivity contribution in [1.82, 2.24) is 14.3 Å². The van der Waals surface area contributed by atoms with Crippen LogP contribution in [-0.2, 0) is 4.74 Å². The van der Waals surface area contributed by atoms with E-state index in [2.05, 4.69) is 17.8 Å². The first-order valence-corrected chi connectivity index (χ1v) is 10.9. The molecule has 164 valence electrons. The lowest BCUT2D eigenvalue weighted by atomic mass is 9.98. The molecule has 7 nitrogen and oxygen atoms in total. The number of rotatable bonds is 7. The van der Waals surface area contributed by atoms with Crippen LogP contribution in [0, 0.1) is 18.8 Å². The van der Waals surface area contributed by atoms with Crippen LogP contribution >= 0.6 is 12.8 Å². The van der Waals surface area contributed by atoms with Crippen molar-refractivity contribution >= 4 is 35.4 Å². The van der Waals surface area contributed by atoms with Crippen LogP contribution in [0.25, 0.3) is 16.6 Å². The zero-order valence-electron chi connectivity index (χ0n) is 18.0. The van der Waals surface area contributed by atoms with Crippen molar-refractivity contribution in [2.24, 2.45) is 23.4 Å². The first-order valence-electron chi connectivity index (χ1n) is 10.5. The summed E-state index contributed by atoms with van der Waals surface area (Å²) in [5.41, 5.74) is 9.84. The maximum Gasteiger partial charge on any atom is 0.355 e. The minimum atomic E-state index is -0.409. The van der Waals surface area contributed by atoms with Gasteiger partial charge in [-0.15, -0.1) is 0 Å². The Morgan fingerprint density at radius 2 is 2.10 bits per heavy atom. The second kappa shape index (κ2) is 9.76. The third kappa shape index (κ3) is 5.50. The van der Waals surface area contributed by atoms with Gasteiger partial charge in [0.2, 0.25) is 0 Å². The molecule has 1 fully saturated rings. The van der Waals surface area contributed by atoms with Gasteiger partial charge < -0.3 is 20.5 Å². The summed E-state index contributed by atoms with van der Waals surface area (Å²) >= 11 is 4.40. The molecule has 0 spiro atoms. The van der Waals surface area contributed by atoms with E-state index in [1.807, 2.05) is 43.3 Å². The van der Waals surface area contributed by atoms with Crippen LogP contribution in [-0.4, -0.2) is 46.5 Å². The number of hydrazine groups is 1. The minimum Gasteiger partial charge on any atom is -0.461 e. The van der Waals surface area contributed by atoms with Crippen LogP contribution in [0.3, 0.4) is 0 Å². The second-order valence-electron chi connectivity index (χ2n) is 8.59. The quantitative estimate of drug-likeness (QED) is 0.232. The number of piperidine rings is 1. The summed E-state index contributed by atoms with van der Waals surface area (Å²) in [7, 11) is 0. The van der Waals surface area contributed by atoms with Crippen molar-refractivity contribution < 1.29 is 9.53 Å². The number of aromatic amines is 1. The average molecular weight is 432 g/mol. The van der Waals surface area contributed by atoms with Gasteiger partial charge >= 0.3 is 5.97 Å². The van der Waals surface area contributed by atoms with Gasteiger partial charge in [-0.2, -0.15) is 0 Å². The maximum absolute atomic E-state index is 12.8. The van der Waals surface area contributed by atoms with E-state index in [0.29, 0.717) is 36.0 Å². The third-order valence-electron chi connectivity index (χ3n) is 5.36. The Kier molecular flexibility index (Phi) is 7.33. The van der Waals surface area contributed by atoms with Crippen LogP contribution < -0.4 is 11.6 Å². The van der Waals surface area contributed by atoms with Gasteiger partial charge in [0.25, 0.3) is 0 Å². The Morgan fingerprint density at radius 1 is 1.40 bits per heavy atom. The van der Waals surface area contributed by atoms with E-state index in [1.165, 1.54) is 0 Å². The lowest BCUT2D eigenvalue weighted by Crippen LogP contribution is -2.36. The SMILES string of the molecule is Cc1ccc2[nH]c(C(=O)OCC(C)C)c(/C(N)=C/N(N)CC3CCN(S)CC3)c2c1. The molecule has 1 aromatic heterocycles. The number of fused-ring (bicyclic) bond motifs is 1. The number of nitrogens with zero attached hydrogens (tertiary/aromatic N) is 2. The number of hydrogen-bond acceptors (Lipinski definition) is 7. The Labute approximate surface area is 183 Å². The molecular formula is C22H33N5O2S. The van der Waals surface area contributed by atoms with Crippen LogP contribution in [0.2, 0.25) is 0 Å². The van der Waals surface area contributed by atoms with Gasteiger partial charge in [-0.25, -0.2) is 10.6 Å². The first-order chi connectivity index (χ1) is 14.2. The maximum atomic E-state index is 12.8. The summed E-state index contributed by atoms with van der Waals surface area (Å²) in [6, 6.07) is 5.96. The van der Waals surface area contributed by atoms with Crippen molar-refractivity contribution in [3.05, 3.63) is 41.2 Å². The van der Waals surface area contributed by atoms with Gasteiger partial charge in [0.05, 0.1) is 12.3 Å². The largest absolute Gasteiger partial charge is 0.461 e. The predicted octanol–water partition coefficient (Wildman–Crippen LogP) is 3.28. The van der Waals surface area contributed by atoms with E-state index in [0.717, 1.165) is 42.4 Å². The van der Waals surface area contributed by atoms with Crippen LogP contribution in [0.15, 0.2) is 24.4 Å². The summed E-state index contributed by atoms with van der Waals surface area (Å²) in [6.45, 7) is 8.97. The van der Waals surface area contributed by atoms with Crippen LogP contribution in [0.4, 0.5) is 0 Å². The molecule has 0 amide bonds. The molecule has 1 aliphatic heterocycles. The summed E-state index contributed by atoms with van der Waals surface area (Å²) in [6.07, 6.45) is 3.81. The summed E-state index contributed by atoms with van der Waals surface area (Å²) < 4.78 is 7.50. The number of H-pyrrole nitrogens is 1. The van der Waals surface area contributed by atoms with Crippen molar-refractivity contribution in [2.75, 3.05) is 26.2 Å². The van der Waals surface area contributed by atoms with E-state index >= 15 is 0 Å². The fourth-order valence-electron chi connectivity index (χ4n) is 3.77. The van der Waals surface area contributed by atoms with E-state index < -0.39 is 5.97 Å². The number of aryl methyl sites for hydroxylation is 1. The van der Waals surface area contributed by atoms with Crippen LogP contribution in [0.1, 0.15) is 48.3 Å². The van der Waals surface area contributed by atoms with Crippen molar-refractivity contribution in [2.45, 2.75) is 33.6 Å². The highest BCUT2D eigenvalue weighted by Crippen LogP contribution is 2.29. The summed E-state index contributed by atoms with van der Waals surface area (Å²) in [5.74, 6) is 6.59. The number of carbonyl (C=O) groups is 1. The Bertz CT molecular complexity index is 916. The van der Waals surface area contributed by atoms with E-state index in [-0.39, 0.29) is 5.92 Å². The molecule has 2 heterocycles. The molecule has 2 aromatic rings. The van der Waals surface area contributed by atoms with Crippen molar-refractivity contribution in [1.29, 1.82) is 0 Å². The molecule has 1 aromatic carbocycles. The highest BCUT2D eigenvalue weighted by atomic mass is 32.1. The third-order valence-corrected chi connectivity index (χ3v) is 5.76. The molecule has 3 rings (SSSR count). The number of aromatic nitrogens is 1. The van der Waals surface area contributed by atoms with Crippen LogP contribution in [0.5, 0.6) is 0 Å². The molecule has 30 heavy (non-hydrogen) atoms. The van der Waals surface area contributed by atoms with E-state index in [9.17, 15) is 4.79 Å². The molecule has 8 heteroatoms. The molecular weight excluding hydrogens is 398 g/mol. The lowest BCUT2D eigenvalue weighted by Gasteiger charge is -2.30. The van der Waals surface area contributed by atoms with Crippen molar-refractivity contribution in [3.63, 3.8) is 0 Å². The molecule has 0 aliphatic carbocycles. The average Bonchev–Trinajstić information content (AvgIpc) is 3.06. The van der Waals surface area contributed by atoms with Gasteiger partial charge in [0, 0.05) is 42.3 Å². The molecule has 0 radical (unpaired) electrons. The predicted molar refractivity (Wildman–Crippen MR) is 124 cm³/mol. The fraction of sp³-hybridized carbons (Fsp3) is 0.500. The Hall–Kier alpha value is -2.16. The van der Waals surface area contributed by atoms with E-state index in [4.69, 9.17) is 16.3 Å². The normalized spacial score (nSPS) is 16.4. The number of hydrogen-bond donors (Lipinski definition) is 4. The highest BCUT2D eigenvalue weighted by molar-refractivity contribution is 7.77. The van der Waals surface area contributed by atoms with Gasteiger partial charge in [-0.3, -0.25) is 4.31 Å². The number of nitrogens with two attached hydrogens (primary N) is 2. The highest BCUT2D eigenvalue weighted by Gasteiger charge is 2.23.